The summed E-state index contributed by atoms with van der Waals surface area (Å²) in [6.45, 7) is 0.0368. The van der Waals surface area contributed by atoms with Crippen LogP contribution in [0.1, 0.15) is 11.1 Å². The maximum atomic E-state index is 13.6. The molecule has 0 atom stereocenters. The normalized spacial score (nSPS) is 10.1. The summed E-state index contributed by atoms with van der Waals surface area (Å²) in [6.07, 6.45) is 0. The van der Waals surface area contributed by atoms with E-state index in [1.54, 1.807) is 18.2 Å². The summed E-state index contributed by atoms with van der Waals surface area (Å²) >= 11 is 7.71. The average Bonchev–Trinajstić information content (AvgIpc) is 2.39. The number of hydrogen-bond donors (Lipinski definition) is 1. The molecule has 0 aliphatic rings. The number of nitrogens with zero attached hydrogens (tertiary/aromatic N) is 1. The Morgan fingerprint density at radius 3 is 2.70 bits per heavy atom. The molecule has 20 heavy (non-hydrogen) atoms. The molecule has 0 unspecified atom stereocenters. The highest BCUT2D eigenvalue weighted by Crippen LogP contribution is 2.30. The third-order valence-corrected chi connectivity index (χ3v) is 3.62. The minimum Gasteiger partial charge on any atom is -0.486 e. The van der Waals surface area contributed by atoms with Gasteiger partial charge >= 0.3 is 0 Å². The van der Waals surface area contributed by atoms with E-state index in [9.17, 15) is 4.39 Å². The number of ether oxygens (including phenoxy) is 1. The summed E-state index contributed by atoms with van der Waals surface area (Å²) in [5.74, 6) is 0.0127. The van der Waals surface area contributed by atoms with Crippen molar-refractivity contribution in [2.45, 2.75) is 6.61 Å². The van der Waals surface area contributed by atoms with E-state index in [0.717, 1.165) is 0 Å². The van der Waals surface area contributed by atoms with Crippen LogP contribution in [-0.2, 0) is 6.61 Å². The zero-order valence-corrected chi connectivity index (χ0v) is 13.1. The lowest BCUT2D eigenvalue weighted by Gasteiger charge is -2.12. The highest BCUT2D eigenvalue weighted by Gasteiger charge is 2.10. The molecular formula is C14H9ClFIN2O. The molecule has 3 nitrogen and oxygen atoms in total. The van der Waals surface area contributed by atoms with Crippen molar-refractivity contribution in [3.8, 4) is 11.8 Å². The molecular weight excluding hydrogens is 394 g/mol. The van der Waals surface area contributed by atoms with Crippen LogP contribution in [0.25, 0.3) is 0 Å². The number of rotatable bonds is 3. The smallest absolute Gasteiger partial charge is 0.156 e. The SMILES string of the molecule is N#Cc1cc(N)c(OCc2ccc(Cl)cc2F)c(I)c1. The highest BCUT2D eigenvalue weighted by atomic mass is 127. The third kappa shape index (κ3) is 3.32. The molecule has 0 spiro atoms. The summed E-state index contributed by atoms with van der Waals surface area (Å²) in [5.41, 5.74) is 7.02. The van der Waals surface area contributed by atoms with Gasteiger partial charge in [0.1, 0.15) is 12.4 Å². The van der Waals surface area contributed by atoms with Crippen LogP contribution in [0.15, 0.2) is 30.3 Å². The molecule has 0 aromatic heterocycles. The van der Waals surface area contributed by atoms with Gasteiger partial charge in [0.05, 0.1) is 20.9 Å². The van der Waals surface area contributed by atoms with E-state index in [-0.39, 0.29) is 6.61 Å². The van der Waals surface area contributed by atoms with Crippen molar-refractivity contribution in [3.05, 3.63) is 55.9 Å². The van der Waals surface area contributed by atoms with Gasteiger partial charge in [0.15, 0.2) is 5.75 Å². The fraction of sp³-hybridized carbons (Fsp3) is 0.0714. The summed E-state index contributed by atoms with van der Waals surface area (Å²) < 4.78 is 19.9. The van der Waals surface area contributed by atoms with E-state index in [2.05, 4.69) is 0 Å². The van der Waals surface area contributed by atoms with Crippen LogP contribution in [0.4, 0.5) is 10.1 Å². The number of hydrogen-bond acceptors (Lipinski definition) is 3. The Kier molecular flexibility index (Phi) is 4.68. The largest absolute Gasteiger partial charge is 0.486 e. The first-order valence-corrected chi connectivity index (χ1v) is 7.03. The fourth-order valence-corrected chi connectivity index (χ4v) is 2.58. The lowest BCUT2D eigenvalue weighted by molar-refractivity contribution is 0.299. The first-order chi connectivity index (χ1) is 9.51. The number of benzene rings is 2. The second-order valence-corrected chi connectivity index (χ2v) is 5.61. The van der Waals surface area contributed by atoms with E-state index in [1.807, 2.05) is 28.7 Å². The molecule has 2 N–H and O–H groups in total. The van der Waals surface area contributed by atoms with Gasteiger partial charge in [-0.3, -0.25) is 0 Å². The number of nitrogens with two attached hydrogens (primary N) is 1. The molecule has 102 valence electrons. The van der Waals surface area contributed by atoms with E-state index in [1.165, 1.54) is 12.1 Å². The van der Waals surface area contributed by atoms with Gasteiger partial charge in [0.25, 0.3) is 0 Å². The molecule has 0 aliphatic heterocycles. The molecule has 0 saturated heterocycles. The van der Waals surface area contributed by atoms with Gasteiger partial charge in [-0.2, -0.15) is 5.26 Å². The van der Waals surface area contributed by atoms with Gasteiger partial charge in [0.2, 0.25) is 0 Å². The van der Waals surface area contributed by atoms with Crippen LogP contribution in [-0.4, -0.2) is 0 Å². The van der Waals surface area contributed by atoms with Crippen LogP contribution in [0.2, 0.25) is 5.02 Å². The number of nitriles is 1. The van der Waals surface area contributed by atoms with Crippen molar-refractivity contribution >= 4 is 39.9 Å². The van der Waals surface area contributed by atoms with Gasteiger partial charge in [0, 0.05) is 10.6 Å². The maximum absolute atomic E-state index is 13.6. The topological polar surface area (TPSA) is 59.0 Å². The first kappa shape index (κ1) is 14.9. The molecule has 0 bridgehead atoms. The summed E-state index contributed by atoms with van der Waals surface area (Å²) in [6, 6.07) is 9.57. The van der Waals surface area contributed by atoms with Crippen molar-refractivity contribution in [2.24, 2.45) is 0 Å². The second-order valence-electron chi connectivity index (χ2n) is 4.01. The molecule has 2 aromatic carbocycles. The van der Waals surface area contributed by atoms with Crippen LogP contribution in [0.3, 0.4) is 0 Å². The third-order valence-electron chi connectivity index (χ3n) is 2.59. The Labute approximate surface area is 134 Å². The molecule has 2 rings (SSSR count). The van der Waals surface area contributed by atoms with Crippen molar-refractivity contribution in [1.29, 1.82) is 5.26 Å². The molecule has 0 saturated carbocycles. The lowest BCUT2D eigenvalue weighted by Crippen LogP contribution is -2.03. The summed E-state index contributed by atoms with van der Waals surface area (Å²) in [5, 5.41) is 9.17. The van der Waals surface area contributed by atoms with Crippen LogP contribution < -0.4 is 10.5 Å². The van der Waals surface area contributed by atoms with Crippen molar-refractivity contribution in [3.63, 3.8) is 0 Å². The van der Waals surface area contributed by atoms with Crippen LogP contribution >= 0.6 is 34.2 Å². The van der Waals surface area contributed by atoms with Gasteiger partial charge < -0.3 is 10.5 Å². The van der Waals surface area contributed by atoms with Gasteiger partial charge in [-0.15, -0.1) is 0 Å². The van der Waals surface area contributed by atoms with Crippen LogP contribution in [0, 0.1) is 20.7 Å². The Morgan fingerprint density at radius 1 is 1.35 bits per heavy atom. The molecule has 0 amide bonds. The van der Waals surface area contributed by atoms with Crippen molar-refractivity contribution in [1.82, 2.24) is 0 Å². The van der Waals surface area contributed by atoms with E-state index >= 15 is 0 Å². The number of anilines is 1. The second kappa shape index (κ2) is 6.29. The monoisotopic (exact) mass is 402 g/mol. The highest BCUT2D eigenvalue weighted by molar-refractivity contribution is 14.1. The quantitative estimate of drug-likeness (QED) is 0.621. The minimum absolute atomic E-state index is 0.0368. The first-order valence-electron chi connectivity index (χ1n) is 5.57. The summed E-state index contributed by atoms with van der Waals surface area (Å²) in [7, 11) is 0. The molecule has 0 fully saturated rings. The van der Waals surface area contributed by atoms with Gasteiger partial charge in [-0.05, 0) is 46.9 Å². The van der Waals surface area contributed by atoms with E-state index in [4.69, 9.17) is 27.3 Å². The Bertz CT molecular complexity index is 677. The van der Waals surface area contributed by atoms with Gasteiger partial charge in [-0.25, -0.2) is 4.39 Å². The van der Waals surface area contributed by atoms with Crippen molar-refractivity contribution in [2.75, 3.05) is 5.73 Å². The predicted octanol–water partition coefficient (Wildman–Crippen LogP) is 4.12. The molecule has 0 aliphatic carbocycles. The van der Waals surface area contributed by atoms with E-state index < -0.39 is 5.82 Å². The minimum atomic E-state index is -0.431. The zero-order chi connectivity index (χ0) is 14.7. The predicted molar refractivity (Wildman–Crippen MR) is 84.0 cm³/mol. The zero-order valence-electron chi connectivity index (χ0n) is 10.2. The average molecular weight is 403 g/mol. The number of nitrogen functional groups attached to an aromatic ring is 1. The molecule has 0 radical (unpaired) electrons. The van der Waals surface area contributed by atoms with Gasteiger partial charge in [-0.1, -0.05) is 17.7 Å². The lowest BCUT2D eigenvalue weighted by atomic mass is 10.2. The standard InChI is InChI=1S/C14H9ClFIN2O/c15-10-2-1-9(11(16)5-10)7-20-14-12(17)3-8(6-18)4-13(14)19/h1-5H,7,19H2. The molecule has 0 heterocycles. The number of halogens is 3. The fourth-order valence-electron chi connectivity index (χ4n) is 1.62. The Morgan fingerprint density at radius 2 is 2.10 bits per heavy atom. The van der Waals surface area contributed by atoms with Crippen molar-refractivity contribution < 1.29 is 9.13 Å². The van der Waals surface area contributed by atoms with E-state index in [0.29, 0.717) is 31.2 Å². The summed E-state index contributed by atoms with van der Waals surface area (Å²) in [4.78, 5) is 0. The maximum Gasteiger partial charge on any atom is 0.156 e. The molecule has 2 aromatic rings. The molecule has 6 heteroatoms. The Balaban J connectivity index is 2.21. The Hall–Kier alpha value is -1.52. The van der Waals surface area contributed by atoms with Crippen LogP contribution in [0.5, 0.6) is 5.75 Å².